The van der Waals surface area contributed by atoms with Gasteiger partial charge in [-0.3, -0.25) is 15.0 Å². The van der Waals surface area contributed by atoms with E-state index in [1.807, 2.05) is 4.90 Å². The summed E-state index contributed by atoms with van der Waals surface area (Å²) in [5, 5.41) is 11.7. The molecule has 3 rings (SSSR count). The summed E-state index contributed by atoms with van der Waals surface area (Å²) in [4.78, 5) is 27.2. The molecule has 26 heavy (non-hydrogen) atoms. The van der Waals surface area contributed by atoms with E-state index in [1.54, 1.807) is 0 Å². The van der Waals surface area contributed by atoms with E-state index in [-0.39, 0.29) is 16.3 Å². The Balaban J connectivity index is 1.89. The van der Waals surface area contributed by atoms with Crippen LogP contribution in [0.4, 0.5) is 11.4 Å². The average Bonchev–Trinajstić information content (AvgIpc) is 3.03. The van der Waals surface area contributed by atoms with E-state index in [2.05, 4.69) is 16.6 Å². The van der Waals surface area contributed by atoms with Crippen LogP contribution >= 0.6 is 11.6 Å². The number of benzene rings is 1. The number of rotatable bonds is 4. The molecule has 9 heteroatoms. The van der Waals surface area contributed by atoms with Crippen molar-refractivity contribution in [1.29, 1.82) is 0 Å². The fourth-order valence-corrected chi connectivity index (χ4v) is 3.98. The van der Waals surface area contributed by atoms with Gasteiger partial charge in [-0.05, 0) is 12.0 Å². The van der Waals surface area contributed by atoms with E-state index in [1.165, 1.54) is 19.2 Å². The molecule has 2 aliphatic heterocycles. The van der Waals surface area contributed by atoms with Gasteiger partial charge in [-0.2, -0.15) is 0 Å². The number of anilines is 1. The van der Waals surface area contributed by atoms with E-state index < -0.39 is 10.9 Å². The molecule has 0 aromatic heterocycles. The Morgan fingerprint density at radius 2 is 2.04 bits per heavy atom. The van der Waals surface area contributed by atoms with Gasteiger partial charge in [0.2, 0.25) is 0 Å². The maximum atomic E-state index is 11.8. The van der Waals surface area contributed by atoms with Crippen LogP contribution < -0.4 is 4.90 Å². The van der Waals surface area contributed by atoms with Crippen LogP contribution in [0.1, 0.15) is 17.3 Å². The summed E-state index contributed by atoms with van der Waals surface area (Å²) in [5.74, 6) is -0.336. The Hall–Kier alpha value is -1.90. The van der Waals surface area contributed by atoms with Crippen molar-refractivity contribution in [2.45, 2.75) is 13.0 Å². The van der Waals surface area contributed by atoms with Crippen LogP contribution in [0.15, 0.2) is 12.1 Å². The van der Waals surface area contributed by atoms with Crippen LogP contribution in [0, 0.1) is 16.0 Å². The van der Waals surface area contributed by atoms with Crippen LogP contribution in [0.3, 0.4) is 0 Å². The van der Waals surface area contributed by atoms with Gasteiger partial charge in [0.15, 0.2) is 0 Å². The fourth-order valence-electron chi connectivity index (χ4n) is 3.75. The first-order valence-electron chi connectivity index (χ1n) is 8.55. The molecule has 0 N–H and O–H groups in total. The molecule has 1 aromatic rings. The fraction of sp³-hybridized carbons (Fsp3) is 0.588. The first-order chi connectivity index (χ1) is 12.4. The molecular formula is C17H22ClN3O5. The number of morpholine rings is 1. The second-order valence-corrected chi connectivity index (χ2v) is 7.07. The molecule has 2 atom stereocenters. The highest BCUT2D eigenvalue weighted by molar-refractivity contribution is 6.34. The standard InChI is InChI=1S/C17H22ClN3O5/c1-11-9-20(10-16(11)19-3-5-26-6-4-19)14-8-13(18)12(17(22)25-2)7-15(14)21(23)24/h7-8,11,16H,3-6,9-10H2,1-2H3. The number of carbonyl (C=O) groups is 1. The summed E-state index contributed by atoms with van der Waals surface area (Å²) in [6.45, 7) is 6.68. The molecule has 0 saturated carbocycles. The minimum absolute atomic E-state index is 0.00147. The van der Waals surface area contributed by atoms with E-state index in [0.717, 1.165) is 13.1 Å². The highest BCUT2D eigenvalue weighted by atomic mass is 35.5. The van der Waals surface area contributed by atoms with Crippen LogP contribution in [-0.2, 0) is 9.47 Å². The predicted molar refractivity (Wildman–Crippen MR) is 97.0 cm³/mol. The lowest BCUT2D eigenvalue weighted by Crippen LogP contribution is -2.46. The lowest BCUT2D eigenvalue weighted by molar-refractivity contribution is -0.384. The van der Waals surface area contributed by atoms with Gasteiger partial charge in [-0.15, -0.1) is 0 Å². The highest BCUT2D eigenvalue weighted by Gasteiger charge is 2.37. The lowest BCUT2D eigenvalue weighted by atomic mass is 10.0. The Morgan fingerprint density at radius 1 is 1.35 bits per heavy atom. The maximum absolute atomic E-state index is 11.8. The number of carbonyl (C=O) groups excluding carboxylic acids is 1. The van der Waals surface area contributed by atoms with Crippen molar-refractivity contribution in [3.63, 3.8) is 0 Å². The molecule has 2 fully saturated rings. The predicted octanol–water partition coefficient (Wildman–Crippen LogP) is 2.19. The van der Waals surface area contributed by atoms with Crippen molar-refractivity contribution >= 4 is 28.9 Å². The Kier molecular flexibility index (Phi) is 5.64. The van der Waals surface area contributed by atoms with E-state index in [4.69, 9.17) is 16.3 Å². The molecule has 1 aromatic carbocycles. The van der Waals surface area contributed by atoms with E-state index in [0.29, 0.717) is 44.0 Å². The number of nitrogens with zero attached hydrogens (tertiary/aromatic N) is 3. The van der Waals surface area contributed by atoms with Crippen molar-refractivity contribution in [1.82, 2.24) is 4.90 Å². The number of nitro groups is 1. The number of methoxy groups -OCH3 is 1. The van der Waals surface area contributed by atoms with Gasteiger partial charge in [-0.25, -0.2) is 4.79 Å². The second-order valence-electron chi connectivity index (χ2n) is 6.67. The topological polar surface area (TPSA) is 85.1 Å². The summed E-state index contributed by atoms with van der Waals surface area (Å²) in [7, 11) is 1.22. The monoisotopic (exact) mass is 383 g/mol. The number of hydrogen-bond donors (Lipinski definition) is 0. The van der Waals surface area contributed by atoms with Crippen LogP contribution in [-0.4, -0.2) is 68.3 Å². The minimum atomic E-state index is -0.689. The summed E-state index contributed by atoms with van der Waals surface area (Å²) in [6.07, 6.45) is 0. The number of esters is 1. The Bertz CT molecular complexity index is 708. The first kappa shape index (κ1) is 18.9. The molecule has 0 spiro atoms. The summed E-state index contributed by atoms with van der Waals surface area (Å²) in [6, 6.07) is 3.01. The molecule has 2 saturated heterocycles. The van der Waals surface area contributed by atoms with E-state index >= 15 is 0 Å². The number of hydrogen-bond acceptors (Lipinski definition) is 7. The number of halogens is 1. The van der Waals surface area contributed by atoms with Gasteiger partial charge in [0.1, 0.15) is 5.69 Å². The smallest absolute Gasteiger partial charge is 0.339 e. The molecule has 0 amide bonds. The summed E-state index contributed by atoms with van der Waals surface area (Å²) >= 11 is 6.20. The van der Waals surface area contributed by atoms with E-state index in [9.17, 15) is 14.9 Å². The van der Waals surface area contributed by atoms with Gasteiger partial charge in [0, 0.05) is 38.3 Å². The van der Waals surface area contributed by atoms with Crippen LogP contribution in [0.5, 0.6) is 0 Å². The molecule has 8 nitrogen and oxygen atoms in total. The summed E-state index contributed by atoms with van der Waals surface area (Å²) < 4.78 is 10.1. The third-order valence-electron chi connectivity index (χ3n) is 5.09. The third-order valence-corrected chi connectivity index (χ3v) is 5.41. The zero-order valence-corrected chi connectivity index (χ0v) is 15.6. The van der Waals surface area contributed by atoms with Crippen molar-refractivity contribution in [3.8, 4) is 0 Å². The molecule has 2 aliphatic rings. The van der Waals surface area contributed by atoms with Crippen molar-refractivity contribution in [3.05, 3.63) is 32.8 Å². The lowest BCUT2D eigenvalue weighted by Gasteiger charge is -2.34. The van der Waals surface area contributed by atoms with Crippen LogP contribution in [0.25, 0.3) is 0 Å². The quantitative estimate of drug-likeness (QED) is 0.447. The van der Waals surface area contributed by atoms with Gasteiger partial charge in [0.25, 0.3) is 5.69 Å². The molecule has 142 valence electrons. The highest BCUT2D eigenvalue weighted by Crippen LogP contribution is 2.37. The molecule has 2 heterocycles. The van der Waals surface area contributed by atoms with Gasteiger partial charge in [-0.1, -0.05) is 18.5 Å². The minimum Gasteiger partial charge on any atom is -0.465 e. The van der Waals surface area contributed by atoms with Gasteiger partial charge in [0.05, 0.1) is 35.8 Å². The molecule has 0 radical (unpaired) electrons. The maximum Gasteiger partial charge on any atom is 0.339 e. The molecular weight excluding hydrogens is 362 g/mol. The van der Waals surface area contributed by atoms with Crippen molar-refractivity contribution in [2.24, 2.45) is 5.92 Å². The Morgan fingerprint density at radius 3 is 2.65 bits per heavy atom. The van der Waals surface area contributed by atoms with Crippen molar-refractivity contribution in [2.75, 3.05) is 51.4 Å². The Labute approximate surface area is 156 Å². The van der Waals surface area contributed by atoms with Crippen LogP contribution in [0.2, 0.25) is 5.02 Å². The number of nitro benzene ring substituents is 1. The molecule has 0 aliphatic carbocycles. The number of ether oxygens (including phenoxy) is 2. The summed E-state index contributed by atoms with van der Waals surface area (Å²) in [5.41, 5.74) is 0.307. The second kappa shape index (κ2) is 7.77. The molecule has 0 bridgehead atoms. The van der Waals surface area contributed by atoms with Gasteiger partial charge >= 0.3 is 5.97 Å². The largest absolute Gasteiger partial charge is 0.465 e. The van der Waals surface area contributed by atoms with Gasteiger partial charge < -0.3 is 14.4 Å². The zero-order chi connectivity index (χ0) is 18.8. The SMILES string of the molecule is COC(=O)c1cc([N+](=O)[O-])c(N2CC(C)C(N3CCOCC3)C2)cc1Cl. The zero-order valence-electron chi connectivity index (χ0n) is 14.8. The average molecular weight is 384 g/mol. The molecule has 2 unspecified atom stereocenters. The normalized spacial score (nSPS) is 23.9. The third kappa shape index (κ3) is 3.62. The van der Waals surface area contributed by atoms with Crippen molar-refractivity contribution < 1.29 is 19.2 Å². The first-order valence-corrected chi connectivity index (χ1v) is 8.93.